The topological polar surface area (TPSA) is 24.5 Å². The molecule has 0 atom stereocenters. The zero-order valence-electron chi connectivity index (χ0n) is 13.1. The van der Waals surface area contributed by atoms with E-state index in [0.29, 0.717) is 6.04 Å². The van der Waals surface area contributed by atoms with Crippen LogP contribution in [0.15, 0.2) is 24.3 Å². The fraction of sp³-hybridized carbons (Fsp3) is 0.647. The van der Waals surface area contributed by atoms with Crippen molar-refractivity contribution in [3.8, 4) is 5.75 Å². The summed E-state index contributed by atoms with van der Waals surface area (Å²) in [6.07, 6.45) is 2.59. The van der Waals surface area contributed by atoms with Crippen LogP contribution in [0.1, 0.15) is 26.7 Å². The highest BCUT2D eigenvalue weighted by Crippen LogP contribution is 2.17. The van der Waals surface area contributed by atoms with Crippen molar-refractivity contribution in [3.05, 3.63) is 29.3 Å². The summed E-state index contributed by atoms with van der Waals surface area (Å²) in [5, 5.41) is 4.18. The number of hydrogen-bond acceptors (Lipinski definition) is 3. The van der Waals surface area contributed by atoms with E-state index in [2.05, 4.69) is 24.1 Å². The first kappa shape index (κ1) is 16.6. The summed E-state index contributed by atoms with van der Waals surface area (Å²) in [6, 6.07) is 8.15. The van der Waals surface area contributed by atoms with Crippen molar-refractivity contribution < 1.29 is 4.74 Å². The number of nitrogens with zero attached hydrogens (tertiary/aromatic N) is 1. The van der Waals surface area contributed by atoms with E-state index in [9.17, 15) is 0 Å². The second kappa shape index (κ2) is 8.62. The Morgan fingerprint density at radius 1 is 1.24 bits per heavy atom. The molecular formula is C17H27ClN2O. The second-order valence-corrected chi connectivity index (χ2v) is 6.52. The fourth-order valence-electron chi connectivity index (χ4n) is 2.77. The molecule has 0 aliphatic carbocycles. The first-order chi connectivity index (χ1) is 10.1. The number of benzene rings is 1. The SMILES string of the molecule is CC(C)N(CCOc1ccc(Cl)cc1)CC1CCNCC1. The van der Waals surface area contributed by atoms with Crippen LogP contribution in [-0.2, 0) is 0 Å². The number of ether oxygens (including phenoxy) is 1. The molecule has 1 aromatic carbocycles. The van der Waals surface area contributed by atoms with Gasteiger partial charge in [0.25, 0.3) is 0 Å². The molecule has 3 nitrogen and oxygen atoms in total. The highest BCUT2D eigenvalue weighted by atomic mass is 35.5. The van der Waals surface area contributed by atoms with Crippen LogP contribution < -0.4 is 10.1 Å². The van der Waals surface area contributed by atoms with Gasteiger partial charge in [-0.25, -0.2) is 0 Å². The lowest BCUT2D eigenvalue weighted by atomic mass is 9.97. The molecule has 1 aliphatic rings. The Labute approximate surface area is 133 Å². The quantitative estimate of drug-likeness (QED) is 0.835. The molecule has 0 spiro atoms. The van der Waals surface area contributed by atoms with Crippen LogP contribution in [0.4, 0.5) is 0 Å². The number of nitrogens with one attached hydrogen (secondary N) is 1. The second-order valence-electron chi connectivity index (χ2n) is 6.08. The van der Waals surface area contributed by atoms with Gasteiger partial charge in [-0.1, -0.05) is 11.6 Å². The summed E-state index contributed by atoms with van der Waals surface area (Å²) >= 11 is 5.88. The monoisotopic (exact) mass is 310 g/mol. The predicted molar refractivity (Wildman–Crippen MR) is 89.2 cm³/mol. The first-order valence-corrected chi connectivity index (χ1v) is 8.36. The minimum atomic E-state index is 0.564. The van der Waals surface area contributed by atoms with Crippen molar-refractivity contribution in [2.75, 3.05) is 32.8 Å². The number of rotatable bonds is 7. The van der Waals surface area contributed by atoms with Crippen molar-refractivity contribution in [2.45, 2.75) is 32.7 Å². The Morgan fingerprint density at radius 2 is 1.90 bits per heavy atom. The standard InChI is InChI=1S/C17H27ClN2O/c1-14(2)20(13-15-7-9-19-10-8-15)11-12-21-17-5-3-16(18)4-6-17/h3-6,14-15,19H,7-13H2,1-2H3. The van der Waals surface area contributed by atoms with Gasteiger partial charge in [-0.15, -0.1) is 0 Å². The molecule has 2 rings (SSSR count). The van der Waals surface area contributed by atoms with Crippen molar-refractivity contribution in [3.63, 3.8) is 0 Å². The molecule has 0 bridgehead atoms. The largest absolute Gasteiger partial charge is 0.492 e. The highest BCUT2D eigenvalue weighted by Gasteiger charge is 2.18. The van der Waals surface area contributed by atoms with Gasteiger partial charge in [-0.05, 0) is 70.0 Å². The van der Waals surface area contributed by atoms with E-state index in [-0.39, 0.29) is 0 Å². The van der Waals surface area contributed by atoms with Crippen LogP contribution >= 0.6 is 11.6 Å². The van der Waals surface area contributed by atoms with Gasteiger partial charge >= 0.3 is 0 Å². The van der Waals surface area contributed by atoms with Gasteiger partial charge in [0.2, 0.25) is 0 Å². The van der Waals surface area contributed by atoms with E-state index < -0.39 is 0 Å². The third-order valence-electron chi connectivity index (χ3n) is 4.14. The molecule has 1 fully saturated rings. The lowest BCUT2D eigenvalue weighted by molar-refractivity contribution is 0.142. The van der Waals surface area contributed by atoms with Crippen LogP contribution in [0, 0.1) is 5.92 Å². The average Bonchev–Trinajstić information content (AvgIpc) is 2.49. The molecule has 1 aliphatic heterocycles. The first-order valence-electron chi connectivity index (χ1n) is 7.98. The Balaban J connectivity index is 1.75. The third-order valence-corrected chi connectivity index (χ3v) is 4.39. The molecule has 1 aromatic rings. The molecular weight excluding hydrogens is 284 g/mol. The Hall–Kier alpha value is -0.770. The molecule has 0 saturated carbocycles. The summed E-state index contributed by atoms with van der Waals surface area (Å²) in [4.78, 5) is 2.53. The third kappa shape index (κ3) is 5.85. The predicted octanol–water partition coefficient (Wildman–Crippen LogP) is 3.43. The number of hydrogen-bond donors (Lipinski definition) is 1. The van der Waals surface area contributed by atoms with Crippen LogP contribution in [0.2, 0.25) is 5.02 Å². The molecule has 1 heterocycles. The lowest BCUT2D eigenvalue weighted by Gasteiger charge is -2.32. The smallest absolute Gasteiger partial charge is 0.119 e. The summed E-state index contributed by atoms with van der Waals surface area (Å²) in [5.41, 5.74) is 0. The van der Waals surface area contributed by atoms with E-state index in [1.807, 2.05) is 24.3 Å². The Bertz CT molecular complexity index is 402. The summed E-state index contributed by atoms with van der Waals surface area (Å²) in [7, 11) is 0. The zero-order chi connectivity index (χ0) is 15.1. The number of halogens is 1. The number of piperidine rings is 1. The molecule has 1 saturated heterocycles. The van der Waals surface area contributed by atoms with Crippen LogP contribution in [0.3, 0.4) is 0 Å². The Kier molecular flexibility index (Phi) is 6.81. The normalized spacial score (nSPS) is 16.6. The van der Waals surface area contributed by atoms with Gasteiger partial charge in [0.1, 0.15) is 12.4 Å². The van der Waals surface area contributed by atoms with Crippen molar-refractivity contribution in [1.29, 1.82) is 0 Å². The van der Waals surface area contributed by atoms with Gasteiger partial charge in [0, 0.05) is 24.2 Å². The molecule has 0 aromatic heterocycles. The minimum absolute atomic E-state index is 0.564. The minimum Gasteiger partial charge on any atom is -0.492 e. The molecule has 0 amide bonds. The lowest BCUT2D eigenvalue weighted by Crippen LogP contribution is -2.41. The van der Waals surface area contributed by atoms with Crippen LogP contribution in [-0.4, -0.2) is 43.7 Å². The zero-order valence-corrected chi connectivity index (χ0v) is 13.9. The van der Waals surface area contributed by atoms with Gasteiger partial charge in [-0.2, -0.15) is 0 Å². The van der Waals surface area contributed by atoms with Crippen molar-refractivity contribution in [2.24, 2.45) is 5.92 Å². The molecule has 0 unspecified atom stereocenters. The highest BCUT2D eigenvalue weighted by molar-refractivity contribution is 6.30. The van der Waals surface area contributed by atoms with Gasteiger partial charge in [0.15, 0.2) is 0 Å². The molecule has 21 heavy (non-hydrogen) atoms. The molecule has 0 radical (unpaired) electrons. The van der Waals surface area contributed by atoms with E-state index in [4.69, 9.17) is 16.3 Å². The summed E-state index contributed by atoms with van der Waals surface area (Å²) in [5.74, 6) is 1.72. The molecule has 4 heteroatoms. The van der Waals surface area contributed by atoms with Gasteiger partial charge in [-0.3, -0.25) is 4.90 Å². The fourth-order valence-corrected chi connectivity index (χ4v) is 2.89. The summed E-state index contributed by atoms with van der Waals surface area (Å²) in [6.45, 7) is 9.75. The van der Waals surface area contributed by atoms with Crippen molar-refractivity contribution in [1.82, 2.24) is 10.2 Å². The molecule has 1 N–H and O–H groups in total. The van der Waals surface area contributed by atoms with E-state index in [1.54, 1.807) is 0 Å². The maximum Gasteiger partial charge on any atom is 0.119 e. The maximum atomic E-state index is 5.88. The maximum absolute atomic E-state index is 5.88. The van der Waals surface area contributed by atoms with Crippen molar-refractivity contribution >= 4 is 11.6 Å². The van der Waals surface area contributed by atoms with E-state index >= 15 is 0 Å². The van der Waals surface area contributed by atoms with E-state index in [0.717, 1.165) is 42.9 Å². The van der Waals surface area contributed by atoms with Crippen LogP contribution in [0.5, 0.6) is 5.75 Å². The summed E-state index contributed by atoms with van der Waals surface area (Å²) < 4.78 is 5.82. The average molecular weight is 311 g/mol. The molecule has 118 valence electrons. The van der Waals surface area contributed by atoms with Gasteiger partial charge in [0.05, 0.1) is 0 Å². The van der Waals surface area contributed by atoms with E-state index in [1.165, 1.54) is 19.4 Å². The van der Waals surface area contributed by atoms with Gasteiger partial charge < -0.3 is 10.1 Å². The van der Waals surface area contributed by atoms with Crippen LogP contribution in [0.25, 0.3) is 0 Å². The Morgan fingerprint density at radius 3 is 2.52 bits per heavy atom.